The molecule has 0 aromatic heterocycles. The molecule has 1 saturated heterocycles. The van der Waals surface area contributed by atoms with E-state index in [4.69, 9.17) is 0 Å². The van der Waals surface area contributed by atoms with Gasteiger partial charge in [0.15, 0.2) is 0 Å². The van der Waals surface area contributed by atoms with E-state index in [0.717, 1.165) is 26.1 Å². The molecule has 0 saturated carbocycles. The molecule has 0 bridgehead atoms. The van der Waals surface area contributed by atoms with Crippen LogP contribution in [0.25, 0.3) is 0 Å². The van der Waals surface area contributed by atoms with Gasteiger partial charge in [0.05, 0.1) is 0 Å². The van der Waals surface area contributed by atoms with Crippen molar-refractivity contribution in [3.8, 4) is 0 Å². The highest BCUT2D eigenvalue weighted by molar-refractivity contribution is 5.61. The summed E-state index contributed by atoms with van der Waals surface area (Å²) in [4.78, 5) is 7.57. The second-order valence-corrected chi connectivity index (χ2v) is 7.90. The lowest BCUT2D eigenvalue weighted by Crippen LogP contribution is -2.43. The van der Waals surface area contributed by atoms with Crippen molar-refractivity contribution in [1.82, 2.24) is 9.80 Å². The van der Waals surface area contributed by atoms with Crippen LogP contribution in [-0.4, -0.2) is 56.1 Å². The van der Waals surface area contributed by atoms with Crippen LogP contribution in [0.4, 0.5) is 5.69 Å². The molecule has 2 heterocycles. The maximum Gasteiger partial charge on any atom is 0.0402 e. The molecular formula is C23H31N3. The van der Waals surface area contributed by atoms with Crippen molar-refractivity contribution < 1.29 is 0 Å². The first-order valence-electron chi connectivity index (χ1n) is 10.1. The van der Waals surface area contributed by atoms with Gasteiger partial charge in [-0.1, -0.05) is 42.5 Å². The van der Waals surface area contributed by atoms with Gasteiger partial charge in [-0.25, -0.2) is 0 Å². The van der Waals surface area contributed by atoms with Gasteiger partial charge in [-0.15, -0.1) is 0 Å². The van der Waals surface area contributed by atoms with E-state index in [0.29, 0.717) is 5.92 Å². The number of nitrogens with zero attached hydrogens (tertiary/aromatic N) is 3. The fraction of sp³-hybridized carbons (Fsp3) is 0.478. The van der Waals surface area contributed by atoms with Crippen molar-refractivity contribution in [3.63, 3.8) is 0 Å². The van der Waals surface area contributed by atoms with E-state index >= 15 is 0 Å². The van der Waals surface area contributed by atoms with E-state index in [1.807, 2.05) is 0 Å². The number of benzene rings is 2. The minimum atomic E-state index is 0.611. The molecule has 3 nitrogen and oxygen atoms in total. The molecule has 26 heavy (non-hydrogen) atoms. The van der Waals surface area contributed by atoms with E-state index in [1.165, 1.54) is 43.0 Å². The number of rotatable bonds is 5. The summed E-state index contributed by atoms with van der Waals surface area (Å²) >= 11 is 0. The highest BCUT2D eigenvalue weighted by Gasteiger charge is 2.28. The highest BCUT2D eigenvalue weighted by atomic mass is 15.2. The maximum atomic E-state index is 2.60. The molecular weight excluding hydrogens is 318 g/mol. The van der Waals surface area contributed by atoms with Crippen LogP contribution in [-0.2, 0) is 13.0 Å². The monoisotopic (exact) mass is 349 g/mol. The van der Waals surface area contributed by atoms with Crippen LogP contribution in [0.1, 0.15) is 29.5 Å². The van der Waals surface area contributed by atoms with E-state index in [-0.39, 0.29) is 0 Å². The van der Waals surface area contributed by atoms with Gasteiger partial charge in [0.25, 0.3) is 0 Å². The van der Waals surface area contributed by atoms with Crippen LogP contribution in [0.3, 0.4) is 0 Å². The zero-order valence-corrected chi connectivity index (χ0v) is 16.2. The predicted octanol–water partition coefficient (Wildman–Crippen LogP) is 3.60. The Morgan fingerprint density at radius 2 is 1.69 bits per heavy atom. The number of piperazine rings is 1. The second-order valence-electron chi connectivity index (χ2n) is 7.90. The smallest absolute Gasteiger partial charge is 0.0402 e. The quantitative estimate of drug-likeness (QED) is 0.817. The van der Waals surface area contributed by atoms with Crippen molar-refractivity contribution in [1.29, 1.82) is 0 Å². The van der Waals surface area contributed by atoms with Crippen molar-refractivity contribution in [2.75, 3.05) is 51.2 Å². The normalized spacial score (nSPS) is 21.2. The summed E-state index contributed by atoms with van der Waals surface area (Å²) in [6.07, 6.45) is 1.14. The first-order valence-corrected chi connectivity index (χ1v) is 10.1. The highest BCUT2D eigenvalue weighted by Crippen LogP contribution is 2.38. The number of likely N-dealkylation sites (N-methyl/N-ethyl adjacent to an activating group) is 2. The van der Waals surface area contributed by atoms with Gasteiger partial charge >= 0.3 is 0 Å². The van der Waals surface area contributed by atoms with Gasteiger partial charge in [0.2, 0.25) is 0 Å². The van der Waals surface area contributed by atoms with Crippen LogP contribution >= 0.6 is 0 Å². The molecule has 3 heteroatoms. The standard InChI is InChI=1S/C23H31N3/c1-3-26-18-21(15-19-7-5-4-6-8-19)22-16-20(9-10-23(22)26)17-25-13-11-24(2)12-14-25/h4-10,16,21H,3,11-15,17-18H2,1-2H3. The Labute approximate surface area is 158 Å². The summed E-state index contributed by atoms with van der Waals surface area (Å²) in [5.74, 6) is 0.611. The van der Waals surface area contributed by atoms with Gasteiger partial charge in [0.1, 0.15) is 0 Å². The first-order chi connectivity index (χ1) is 12.7. The molecule has 2 aliphatic rings. The Bertz CT molecular complexity index is 719. The molecule has 4 rings (SSSR count). The molecule has 1 fully saturated rings. The number of hydrogen-bond donors (Lipinski definition) is 0. The number of fused-ring (bicyclic) bond motifs is 1. The third kappa shape index (κ3) is 3.79. The second kappa shape index (κ2) is 7.81. The van der Waals surface area contributed by atoms with Gasteiger partial charge in [-0.05, 0) is 43.1 Å². The molecule has 0 amide bonds. The van der Waals surface area contributed by atoms with E-state index < -0.39 is 0 Å². The van der Waals surface area contributed by atoms with Crippen LogP contribution in [0.5, 0.6) is 0 Å². The summed E-state index contributed by atoms with van der Waals surface area (Å²) in [6, 6.07) is 18.2. The number of hydrogen-bond acceptors (Lipinski definition) is 3. The van der Waals surface area contributed by atoms with Gasteiger partial charge in [-0.2, -0.15) is 0 Å². The molecule has 138 valence electrons. The van der Waals surface area contributed by atoms with Gasteiger partial charge in [0, 0.05) is 57.4 Å². The van der Waals surface area contributed by atoms with Crippen LogP contribution in [0, 0.1) is 0 Å². The fourth-order valence-corrected chi connectivity index (χ4v) is 4.42. The summed E-state index contributed by atoms with van der Waals surface area (Å²) in [7, 11) is 2.22. The Morgan fingerprint density at radius 1 is 0.923 bits per heavy atom. The SMILES string of the molecule is CCN1CC(Cc2ccccc2)c2cc(CN3CCN(C)CC3)ccc21. The zero-order valence-electron chi connectivity index (χ0n) is 16.2. The third-order valence-corrected chi connectivity index (χ3v) is 6.02. The molecule has 0 aliphatic carbocycles. The molecule has 2 aromatic rings. The molecule has 0 N–H and O–H groups in total. The van der Waals surface area contributed by atoms with E-state index in [9.17, 15) is 0 Å². The summed E-state index contributed by atoms with van der Waals surface area (Å²) < 4.78 is 0. The van der Waals surface area contributed by atoms with Crippen LogP contribution in [0.2, 0.25) is 0 Å². The predicted molar refractivity (Wildman–Crippen MR) is 110 cm³/mol. The Morgan fingerprint density at radius 3 is 2.42 bits per heavy atom. The summed E-state index contributed by atoms with van der Waals surface area (Å²) in [5, 5.41) is 0. The van der Waals surface area contributed by atoms with Gasteiger partial charge in [-0.3, -0.25) is 4.90 Å². The number of anilines is 1. The average Bonchev–Trinajstić information content (AvgIpc) is 3.01. The topological polar surface area (TPSA) is 9.72 Å². The lowest BCUT2D eigenvalue weighted by atomic mass is 9.92. The van der Waals surface area contributed by atoms with Crippen molar-refractivity contribution >= 4 is 5.69 Å². The van der Waals surface area contributed by atoms with Crippen LogP contribution < -0.4 is 4.90 Å². The van der Waals surface area contributed by atoms with Crippen LogP contribution in [0.15, 0.2) is 48.5 Å². The lowest BCUT2D eigenvalue weighted by molar-refractivity contribution is 0.148. The summed E-state index contributed by atoms with van der Waals surface area (Å²) in [5.41, 5.74) is 5.94. The van der Waals surface area contributed by atoms with Crippen molar-refractivity contribution in [3.05, 3.63) is 65.2 Å². The third-order valence-electron chi connectivity index (χ3n) is 6.02. The van der Waals surface area contributed by atoms with E-state index in [2.05, 4.69) is 77.2 Å². The molecule has 0 radical (unpaired) electrons. The molecule has 1 atom stereocenters. The lowest BCUT2D eigenvalue weighted by Gasteiger charge is -2.32. The minimum absolute atomic E-state index is 0.611. The van der Waals surface area contributed by atoms with E-state index in [1.54, 1.807) is 5.56 Å². The van der Waals surface area contributed by atoms with Crippen molar-refractivity contribution in [2.45, 2.75) is 25.8 Å². The largest absolute Gasteiger partial charge is 0.371 e. The molecule has 1 unspecified atom stereocenters. The molecule has 2 aliphatic heterocycles. The fourth-order valence-electron chi connectivity index (χ4n) is 4.42. The maximum absolute atomic E-state index is 2.60. The minimum Gasteiger partial charge on any atom is -0.371 e. The Kier molecular flexibility index (Phi) is 5.28. The first kappa shape index (κ1) is 17.6. The molecule has 2 aromatic carbocycles. The zero-order chi connectivity index (χ0) is 17.9. The Balaban J connectivity index is 1.52. The summed E-state index contributed by atoms with van der Waals surface area (Å²) in [6.45, 7) is 10.3. The van der Waals surface area contributed by atoms with Crippen molar-refractivity contribution in [2.24, 2.45) is 0 Å². The van der Waals surface area contributed by atoms with Gasteiger partial charge < -0.3 is 9.80 Å². The average molecular weight is 350 g/mol. The molecule has 0 spiro atoms. The Hall–Kier alpha value is -1.84.